The van der Waals surface area contributed by atoms with Gasteiger partial charge < -0.3 is 10.1 Å². The third-order valence-electron chi connectivity index (χ3n) is 2.68. The lowest BCUT2D eigenvalue weighted by atomic mass is 10.2. The van der Waals surface area contributed by atoms with Crippen molar-refractivity contribution in [1.29, 1.82) is 0 Å². The van der Waals surface area contributed by atoms with E-state index in [4.69, 9.17) is 4.74 Å². The molecule has 0 saturated heterocycles. The maximum atomic E-state index is 12.2. The summed E-state index contributed by atoms with van der Waals surface area (Å²) < 4.78 is 7.08. The smallest absolute Gasteiger partial charge is 0.260 e. The van der Waals surface area contributed by atoms with E-state index in [9.17, 15) is 4.79 Å². The lowest BCUT2D eigenvalue weighted by Gasteiger charge is -2.10. The molecule has 5 nitrogen and oxygen atoms in total. The van der Waals surface area contributed by atoms with E-state index in [1.54, 1.807) is 23.9 Å². The molecule has 1 heterocycles. The summed E-state index contributed by atoms with van der Waals surface area (Å²) in [6.07, 6.45) is 0. The molecule has 0 spiro atoms. The van der Waals surface area contributed by atoms with Gasteiger partial charge in [-0.2, -0.15) is 5.10 Å². The van der Waals surface area contributed by atoms with E-state index < -0.39 is 0 Å². The number of nitrogens with one attached hydrogen (secondary N) is 1. The Kier molecular flexibility index (Phi) is 3.85. The standard InChI is InChI=1S/C14H17N3O2/c1-4-19-12-8-6-5-7-11(12)14(18)15-13-9-10(2)16-17(13)3/h5-9H,4H2,1-3H3,(H,15,18). The molecule has 1 aromatic carbocycles. The molecular formula is C14H17N3O2. The van der Waals surface area contributed by atoms with Crippen LogP contribution in [0.4, 0.5) is 5.82 Å². The highest BCUT2D eigenvalue weighted by atomic mass is 16.5. The molecule has 19 heavy (non-hydrogen) atoms. The monoisotopic (exact) mass is 259 g/mol. The van der Waals surface area contributed by atoms with Crippen molar-refractivity contribution in [2.24, 2.45) is 7.05 Å². The second-order valence-corrected chi connectivity index (χ2v) is 4.18. The van der Waals surface area contributed by atoms with Crippen molar-refractivity contribution in [1.82, 2.24) is 9.78 Å². The number of aromatic nitrogens is 2. The SMILES string of the molecule is CCOc1ccccc1C(=O)Nc1cc(C)nn1C. The highest BCUT2D eigenvalue weighted by Gasteiger charge is 2.13. The summed E-state index contributed by atoms with van der Waals surface area (Å²) in [5.41, 5.74) is 1.37. The number of aryl methyl sites for hydroxylation is 2. The van der Waals surface area contributed by atoms with E-state index in [2.05, 4.69) is 10.4 Å². The molecule has 0 radical (unpaired) electrons. The summed E-state index contributed by atoms with van der Waals surface area (Å²) in [6, 6.07) is 9.00. The Bertz CT molecular complexity index is 590. The van der Waals surface area contributed by atoms with E-state index in [-0.39, 0.29) is 5.91 Å². The van der Waals surface area contributed by atoms with Gasteiger partial charge in [-0.3, -0.25) is 9.48 Å². The molecule has 1 aromatic heterocycles. The van der Waals surface area contributed by atoms with Crippen LogP contribution >= 0.6 is 0 Å². The van der Waals surface area contributed by atoms with Crippen molar-refractivity contribution in [3.05, 3.63) is 41.6 Å². The number of nitrogens with zero attached hydrogens (tertiary/aromatic N) is 2. The summed E-state index contributed by atoms with van der Waals surface area (Å²) in [5, 5.41) is 7.01. The van der Waals surface area contributed by atoms with E-state index in [1.165, 1.54) is 0 Å². The zero-order valence-corrected chi connectivity index (χ0v) is 11.3. The van der Waals surface area contributed by atoms with Gasteiger partial charge in [0.05, 0.1) is 17.9 Å². The Hall–Kier alpha value is -2.30. The van der Waals surface area contributed by atoms with Gasteiger partial charge in [0.15, 0.2) is 0 Å². The molecule has 0 aliphatic carbocycles. The number of carbonyl (C=O) groups excluding carboxylic acids is 1. The topological polar surface area (TPSA) is 56.1 Å². The normalized spacial score (nSPS) is 10.3. The summed E-state index contributed by atoms with van der Waals surface area (Å²) in [5.74, 6) is 1.04. The molecule has 0 saturated carbocycles. The largest absolute Gasteiger partial charge is 0.493 e. The number of anilines is 1. The minimum absolute atomic E-state index is 0.202. The van der Waals surface area contributed by atoms with E-state index in [1.807, 2.05) is 32.0 Å². The number of hydrogen-bond acceptors (Lipinski definition) is 3. The fourth-order valence-electron chi connectivity index (χ4n) is 1.85. The summed E-state index contributed by atoms with van der Waals surface area (Å²) >= 11 is 0. The number of amides is 1. The van der Waals surface area contributed by atoms with Gasteiger partial charge in [-0.15, -0.1) is 0 Å². The lowest BCUT2D eigenvalue weighted by molar-refractivity contribution is 0.102. The van der Waals surface area contributed by atoms with Crippen LogP contribution in [0.15, 0.2) is 30.3 Å². The second-order valence-electron chi connectivity index (χ2n) is 4.18. The van der Waals surface area contributed by atoms with Crippen LogP contribution in [0.1, 0.15) is 23.0 Å². The van der Waals surface area contributed by atoms with Crippen LogP contribution in [-0.2, 0) is 7.05 Å². The van der Waals surface area contributed by atoms with Crippen LogP contribution in [0.25, 0.3) is 0 Å². The first-order valence-electron chi connectivity index (χ1n) is 6.15. The van der Waals surface area contributed by atoms with Crippen LogP contribution in [0, 0.1) is 6.92 Å². The fraction of sp³-hybridized carbons (Fsp3) is 0.286. The van der Waals surface area contributed by atoms with Crippen molar-refractivity contribution >= 4 is 11.7 Å². The predicted molar refractivity (Wildman–Crippen MR) is 73.5 cm³/mol. The molecule has 0 bridgehead atoms. The van der Waals surface area contributed by atoms with Crippen LogP contribution < -0.4 is 10.1 Å². The minimum atomic E-state index is -0.202. The zero-order valence-electron chi connectivity index (χ0n) is 11.3. The number of benzene rings is 1. The molecule has 2 rings (SSSR count). The van der Waals surface area contributed by atoms with Crippen molar-refractivity contribution in [2.75, 3.05) is 11.9 Å². The number of para-hydroxylation sites is 1. The van der Waals surface area contributed by atoms with E-state index in [0.717, 1.165) is 5.69 Å². The Morgan fingerprint density at radius 2 is 2.16 bits per heavy atom. The predicted octanol–water partition coefficient (Wildman–Crippen LogP) is 2.38. The quantitative estimate of drug-likeness (QED) is 0.917. The molecule has 1 amide bonds. The van der Waals surface area contributed by atoms with Crippen molar-refractivity contribution in [2.45, 2.75) is 13.8 Å². The van der Waals surface area contributed by atoms with Crippen LogP contribution in [-0.4, -0.2) is 22.3 Å². The van der Waals surface area contributed by atoms with Crippen molar-refractivity contribution < 1.29 is 9.53 Å². The number of hydrogen-bond donors (Lipinski definition) is 1. The first kappa shape index (κ1) is 13.1. The zero-order chi connectivity index (χ0) is 13.8. The van der Waals surface area contributed by atoms with Crippen molar-refractivity contribution in [3.63, 3.8) is 0 Å². The van der Waals surface area contributed by atoms with Gasteiger partial charge in [0.1, 0.15) is 11.6 Å². The van der Waals surface area contributed by atoms with Gasteiger partial charge in [-0.1, -0.05) is 12.1 Å². The summed E-state index contributed by atoms with van der Waals surface area (Å²) in [4.78, 5) is 12.2. The van der Waals surface area contributed by atoms with E-state index >= 15 is 0 Å². The molecule has 0 aliphatic rings. The number of rotatable bonds is 4. The fourth-order valence-corrected chi connectivity index (χ4v) is 1.85. The van der Waals surface area contributed by atoms with E-state index in [0.29, 0.717) is 23.7 Å². The van der Waals surface area contributed by atoms with Gasteiger partial charge in [0.25, 0.3) is 5.91 Å². The van der Waals surface area contributed by atoms with Crippen molar-refractivity contribution in [3.8, 4) is 5.75 Å². The Labute approximate surface area is 112 Å². The Morgan fingerprint density at radius 3 is 2.79 bits per heavy atom. The van der Waals surface area contributed by atoms with Crippen LogP contribution in [0.5, 0.6) is 5.75 Å². The number of carbonyl (C=O) groups is 1. The maximum Gasteiger partial charge on any atom is 0.260 e. The molecule has 0 atom stereocenters. The minimum Gasteiger partial charge on any atom is -0.493 e. The summed E-state index contributed by atoms with van der Waals surface area (Å²) in [7, 11) is 1.79. The highest BCUT2D eigenvalue weighted by Crippen LogP contribution is 2.19. The third-order valence-corrected chi connectivity index (χ3v) is 2.68. The molecule has 1 N–H and O–H groups in total. The number of ether oxygens (including phenoxy) is 1. The maximum absolute atomic E-state index is 12.2. The van der Waals surface area contributed by atoms with Crippen LogP contribution in [0.3, 0.4) is 0 Å². The highest BCUT2D eigenvalue weighted by molar-refractivity contribution is 6.05. The van der Waals surface area contributed by atoms with Gasteiger partial charge >= 0.3 is 0 Å². The van der Waals surface area contributed by atoms with Gasteiger partial charge in [0, 0.05) is 13.1 Å². The lowest BCUT2D eigenvalue weighted by Crippen LogP contribution is -2.15. The molecule has 0 fully saturated rings. The molecule has 5 heteroatoms. The first-order chi connectivity index (χ1) is 9.11. The molecule has 0 aliphatic heterocycles. The van der Waals surface area contributed by atoms with Gasteiger partial charge in [0.2, 0.25) is 0 Å². The molecular weight excluding hydrogens is 242 g/mol. The summed E-state index contributed by atoms with van der Waals surface area (Å²) in [6.45, 7) is 4.29. The Balaban J connectivity index is 2.22. The average Bonchev–Trinajstić information content (AvgIpc) is 2.69. The third kappa shape index (κ3) is 2.93. The van der Waals surface area contributed by atoms with Crippen LogP contribution in [0.2, 0.25) is 0 Å². The molecule has 2 aromatic rings. The second kappa shape index (κ2) is 5.56. The average molecular weight is 259 g/mol. The first-order valence-corrected chi connectivity index (χ1v) is 6.15. The van der Waals surface area contributed by atoms with Gasteiger partial charge in [-0.05, 0) is 26.0 Å². The Morgan fingerprint density at radius 1 is 1.42 bits per heavy atom. The van der Waals surface area contributed by atoms with Gasteiger partial charge in [-0.25, -0.2) is 0 Å². The molecule has 100 valence electrons. The molecule has 0 unspecified atom stereocenters.